The molecule has 0 atom stereocenters. The predicted molar refractivity (Wildman–Crippen MR) is 101 cm³/mol. The lowest BCUT2D eigenvalue weighted by atomic mass is 10.2. The van der Waals surface area contributed by atoms with Crippen molar-refractivity contribution in [3.63, 3.8) is 0 Å². The number of nitrogens with one attached hydrogen (secondary N) is 1. The minimum Gasteiger partial charge on any atom is -0.277 e. The molecule has 3 aromatic heterocycles. The van der Waals surface area contributed by atoms with E-state index in [1.54, 1.807) is 48.4 Å². The van der Waals surface area contributed by atoms with Crippen LogP contribution in [-0.4, -0.2) is 33.0 Å². The van der Waals surface area contributed by atoms with Crippen molar-refractivity contribution < 1.29 is 8.42 Å². The fourth-order valence-corrected chi connectivity index (χ4v) is 3.93. The number of aromatic nitrogens is 5. The standard InChI is InChI=1S/C16H13BrN6O2S/c1-22-16-11(8-19-22)3-2-4-14(16)21-26(24,25)13-9-20-23(10-13)15-7-12(17)5-6-18-15/h2-10,21H,1H3. The van der Waals surface area contributed by atoms with Crippen LogP contribution >= 0.6 is 15.9 Å². The molecule has 0 aliphatic carbocycles. The number of fused-ring (bicyclic) bond motifs is 1. The van der Waals surface area contributed by atoms with Gasteiger partial charge in [-0.3, -0.25) is 9.40 Å². The molecule has 0 saturated carbocycles. The lowest BCUT2D eigenvalue weighted by Gasteiger charge is -2.08. The van der Waals surface area contributed by atoms with Crippen molar-refractivity contribution in [3.05, 3.63) is 59.6 Å². The first kappa shape index (κ1) is 16.7. The highest BCUT2D eigenvalue weighted by Gasteiger charge is 2.19. The van der Waals surface area contributed by atoms with E-state index in [1.165, 1.54) is 17.1 Å². The van der Waals surface area contributed by atoms with Gasteiger partial charge in [0, 0.05) is 23.1 Å². The first-order valence-corrected chi connectivity index (χ1v) is 9.82. The van der Waals surface area contributed by atoms with Crippen LogP contribution in [-0.2, 0) is 17.1 Å². The normalized spacial score (nSPS) is 11.8. The third-order valence-electron chi connectivity index (χ3n) is 3.82. The summed E-state index contributed by atoms with van der Waals surface area (Å²) in [6.07, 6.45) is 6.00. The van der Waals surface area contributed by atoms with Crippen LogP contribution in [0.25, 0.3) is 16.7 Å². The van der Waals surface area contributed by atoms with E-state index in [2.05, 4.69) is 35.8 Å². The molecule has 0 radical (unpaired) electrons. The molecule has 0 unspecified atom stereocenters. The number of nitrogens with zero attached hydrogens (tertiary/aromatic N) is 5. The van der Waals surface area contributed by atoms with Crippen molar-refractivity contribution >= 4 is 42.5 Å². The Morgan fingerprint density at radius 1 is 1.15 bits per heavy atom. The third kappa shape index (κ3) is 2.97. The number of anilines is 1. The monoisotopic (exact) mass is 432 g/mol. The Bertz CT molecular complexity index is 1210. The van der Waals surface area contributed by atoms with Crippen LogP contribution in [0.2, 0.25) is 0 Å². The Kier molecular flexibility index (Phi) is 4.00. The summed E-state index contributed by atoms with van der Waals surface area (Å²) in [6, 6.07) is 8.86. The van der Waals surface area contributed by atoms with Gasteiger partial charge >= 0.3 is 0 Å². The first-order chi connectivity index (χ1) is 12.4. The molecule has 1 aromatic carbocycles. The number of benzene rings is 1. The second-order valence-corrected chi connectivity index (χ2v) is 8.17. The molecule has 132 valence electrons. The number of sulfonamides is 1. The Morgan fingerprint density at radius 2 is 2.00 bits per heavy atom. The second-order valence-electron chi connectivity index (χ2n) is 5.57. The second kappa shape index (κ2) is 6.22. The van der Waals surface area contributed by atoms with E-state index in [9.17, 15) is 8.42 Å². The van der Waals surface area contributed by atoms with Gasteiger partial charge in [-0.2, -0.15) is 10.2 Å². The van der Waals surface area contributed by atoms with E-state index < -0.39 is 10.0 Å². The lowest BCUT2D eigenvalue weighted by Crippen LogP contribution is -2.13. The van der Waals surface area contributed by atoms with E-state index in [0.29, 0.717) is 17.0 Å². The minimum atomic E-state index is -3.81. The fourth-order valence-electron chi connectivity index (χ4n) is 2.61. The molecule has 3 heterocycles. The van der Waals surface area contributed by atoms with Gasteiger partial charge in [0.2, 0.25) is 0 Å². The molecule has 0 aliphatic heterocycles. The van der Waals surface area contributed by atoms with Gasteiger partial charge in [-0.15, -0.1) is 0 Å². The topological polar surface area (TPSA) is 94.7 Å². The molecule has 10 heteroatoms. The van der Waals surface area contributed by atoms with E-state index in [0.717, 1.165) is 9.86 Å². The molecule has 0 aliphatic rings. The molecular weight excluding hydrogens is 420 g/mol. The lowest BCUT2D eigenvalue weighted by molar-refractivity contribution is 0.601. The van der Waals surface area contributed by atoms with Crippen LogP contribution in [0.5, 0.6) is 0 Å². The van der Waals surface area contributed by atoms with Gasteiger partial charge in [0.1, 0.15) is 4.90 Å². The maximum Gasteiger partial charge on any atom is 0.265 e. The Morgan fingerprint density at radius 3 is 2.81 bits per heavy atom. The number of pyridine rings is 1. The summed E-state index contributed by atoms with van der Waals surface area (Å²) >= 11 is 3.36. The van der Waals surface area contributed by atoms with Gasteiger partial charge in [0.15, 0.2) is 5.82 Å². The quantitative estimate of drug-likeness (QED) is 0.534. The summed E-state index contributed by atoms with van der Waals surface area (Å²) < 4.78 is 32.0. The summed E-state index contributed by atoms with van der Waals surface area (Å²) in [6.45, 7) is 0. The fraction of sp³-hybridized carbons (Fsp3) is 0.0625. The minimum absolute atomic E-state index is 0.0402. The number of aryl methyl sites for hydroxylation is 1. The van der Waals surface area contributed by atoms with Crippen LogP contribution in [0, 0.1) is 0 Å². The third-order valence-corrected chi connectivity index (χ3v) is 5.63. The molecule has 26 heavy (non-hydrogen) atoms. The number of hydrogen-bond donors (Lipinski definition) is 1. The number of para-hydroxylation sites is 1. The predicted octanol–water partition coefficient (Wildman–Crippen LogP) is 2.72. The van der Waals surface area contributed by atoms with Crippen molar-refractivity contribution in [2.24, 2.45) is 7.05 Å². The van der Waals surface area contributed by atoms with Crippen LogP contribution in [0.4, 0.5) is 5.69 Å². The van der Waals surface area contributed by atoms with Crippen LogP contribution in [0.1, 0.15) is 0 Å². The van der Waals surface area contributed by atoms with Gasteiger partial charge in [0.05, 0.1) is 29.8 Å². The Hall–Kier alpha value is -2.72. The summed E-state index contributed by atoms with van der Waals surface area (Å²) in [5.74, 6) is 0.509. The number of halogens is 1. The van der Waals surface area contributed by atoms with Gasteiger partial charge in [-0.25, -0.2) is 18.1 Å². The average Bonchev–Trinajstić information content (AvgIpc) is 3.23. The first-order valence-electron chi connectivity index (χ1n) is 7.54. The summed E-state index contributed by atoms with van der Waals surface area (Å²) in [5, 5.41) is 9.11. The highest BCUT2D eigenvalue weighted by Crippen LogP contribution is 2.25. The molecule has 4 rings (SSSR count). The van der Waals surface area contributed by atoms with Crippen molar-refractivity contribution in [2.75, 3.05) is 4.72 Å². The maximum absolute atomic E-state index is 12.8. The van der Waals surface area contributed by atoms with Crippen LogP contribution in [0.3, 0.4) is 0 Å². The van der Waals surface area contributed by atoms with Crippen LogP contribution in [0.15, 0.2) is 64.5 Å². The number of hydrogen-bond acceptors (Lipinski definition) is 5. The summed E-state index contributed by atoms with van der Waals surface area (Å²) in [4.78, 5) is 4.22. The van der Waals surface area contributed by atoms with Gasteiger partial charge < -0.3 is 0 Å². The molecule has 0 spiro atoms. The molecule has 4 aromatic rings. The van der Waals surface area contributed by atoms with Crippen molar-refractivity contribution in [1.29, 1.82) is 0 Å². The largest absolute Gasteiger partial charge is 0.277 e. The SMILES string of the molecule is Cn1ncc2cccc(NS(=O)(=O)c3cnn(-c4cc(Br)ccn4)c3)c21. The molecule has 0 saturated heterocycles. The van der Waals surface area contributed by atoms with Crippen LogP contribution < -0.4 is 4.72 Å². The highest BCUT2D eigenvalue weighted by atomic mass is 79.9. The highest BCUT2D eigenvalue weighted by molar-refractivity contribution is 9.10. The Balaban J connectivity index is 1.70. The zero-order valence-corrected chi connectivity index (χ0v) is 15.9. The molecule has 1 N–H and O–H groups in total. The molecule has 0 fully saturated rings. The smallest absolute Gasteiger partial charge is 0.265 e. The van der Waals surface area contributed by atoms with Crippen molar-refractivity contribution in [1.82, 2.24) is 24.5 Å². The zero-order chi connectivity index (χ0) is 18.3. The van der Waals surface area contributed by atoms with E-state index >= 15 is 0 Å². The zero-order valence-electron chi connectivity index (χ0n) is 13.5. The van der Waals surface area contributed by atoms with E-state index in [-0.39, 0.29) is 4.90 Å². The molecule has 0 bridgehead atoms. The Labute approximate surface area is 157 Å². The van der Waals surface area contributed by atoms with Gasteiger partial charge in [0.25, 0.3) is 10.0 Å². The van der Waals surface area contributed by atoms with Gasteiger partial charge in [-0.05, 0) is 18.2 Å². The number of rotatable bonds is 4. The van der Waals surface area contributed by atoms with Crippen molar-refractivity contribution in [2.45, 2.75) is 4.90 Å². The summed E-state index contributed by atoms with van der Waals surface area (Å²) in [7, 11) is -2.05. The molecular formula is C16H13BrN6O2S. The van der Waals surface area contributed by atoms with E-state index in [4.69, 9.17) is 0 Å². The maximum atomic E-state index is 12.8. The van der Waals surface area contributed by atoms with E-state index in [1.807, 2.05) is 6.07 Å². The van der Waals surface area contributed by atoms with Crippen molar-refractivity contribution in [3.8, 4) is 5.82 Å². The molecule has 8 nitrogen and oxygen atoms in total. The summed E-state index contributed by atoms with van der Waals surface area (Å²) in [5.41, 5.74) is 1.16. The van der Waals surface area contributed by atoms with Gasteiger partial charge in [-0.1, -0.05) is 28.1 Å². The molecule has 0 amide bonds. The average molecular weight is 433 g/mol.